The molecule has 0 aliphatic heterocycles. The minimum absolute atomic E-state index is 0.0107. The average Bonchev–Trinajstić information content (AvgIpc) is 3.82. The van der Waals surface area contributed by atoms with Crippen LogP contribution in [0.15, 0.2) is 50.3 Å². The van der Waals surface area contributed by atoms with Gasteiger partial charge in [-0.2, -0.15) is 4.98 Å². The van der Waals surface area contributed by atoms with E-state index in [0.717, 1.165) is 29.4 Å². The van der Waals surface area contributed by atoms with Crippen LogP contribution in [0.1, 0.15) is 149 Å². The van der Waals surface area contributed by atoms with E-state index in [1.54, 1.807) is 13.1 Å². The lowest BCUT2D eigenvalue weighted by Crippen LogP contribution is -2.31. The fourth-order valence-corrected chi connectivity index (χ4v) is 6.05. The largest absolute Gasteiger partial charge is 0.383 e. The zero-order chi connectivity index (χ0) is 49.5. The standard InChI is InChI=1S/C14H18N4.C13H16N4O.C11H15N3O.C11H14N2O2/c1-5-6-7-10-8-18(14(2,3)4)13-11(10)12(15)16-9-17-13;1-8(2)17-7-10(5-4-6-14)11-12(17)15-9(3)16-13(11)18;1-4-5-6-9-7-14(8(2)3)11(15)13-10(9)12;1-4-5-6-9-7-13(8(2)3)11(15)12-10(9)14/h8-9H,5H2,1-4H3,(H2,15,16,17);7-8H,6,14H2,1-3H3,(H,15,16,18);7-8H,4H2,1-3H3,(H2,12,13,15);7-8H,4H2,1-3H3,(H,12,14,15). The highest BCUT2D eigenvalue weighted by molar-refractivity contribution is 5.92. The van der Waals surface area contributed by atoms with Crippen molar-refractivity contribution in [3.8, 4) is 47.4 Å². The summed E-state index contributed by atoms with van der Waals surface area (Å²) < 4.78 is 7.04. The van der Waals surface area contributed by atoms with Crippen LogP contribution in [-0.4, -0.2) is 54.7 Å². The number of nitrogens with zero attached hydrogens (tertiary/aromatic N) is 8. The number of hydrogen-bond donors (Lipinski definition) is 5. The van der Waals surface area contributed by atoms with E-state index in [9.17, 15) is 19.2 Å². The first-order valence-corrected chi connectivity index (χ1v) is 21.7. The lowest BCUT2D eigenvalue weighted by atomic mass is 10.1. The highest BCUT2D eigenvalue weighted by Gasteiger charge is 2.20. The van der Waals surface area contributed by atoms with Crippen LogP contribution < -0.4 is 39.7 Å². The van der Waals surface area contributed by atoms with Crippen LogP contribution in [-0.2, 0) is 5.54 Å². The van der Waals surface area contributed by atoms with Gasteiger partial charge in [0.25, 0.3) is 11.1 Å². The number of aryl methyl sites for hydroxylation is 1. The van der Waals surface area contributed by atoms with Crippen molar-refractivity contribution in [2.75, 3.05) is 18.0 Å². The number of hydrogen-bond acceptors (Lipinski definition) is 11. The molecule has 0 amide bonds. The second-order valence-electron chi connectivity index (χ2n) is 16.5. The summed E-state index contributed by atoms with van der Waals surface area (Å²) in [4.78, 5) is 67.6. The zero-order valence-corrected chi connectivity index (χ0v) is 40.4. The number of anilines is 2. The normalized spacial score (nSPS) is 10.5. The Balaban J connectivity index is 0.000000235. The number of H-pyrrole nitrogens is 2. The molecule has 6 heterocycles. The van der Waals surface area contributed by atoms with Crippen LogP contribution in [0.4, 0.5) is 11.6 Å². The molecule has 0 aliphatic rings. The number of aromatic nitrogens is 10. The predicted molar refractivity (Wildman–Crippen MR) is 265 cm³/mol. The van der Waals surface area contributed by atoms with E-state index in [1.165, 1.54) is 21.7 Å². The molecule has 0 aromatic carbocycles. The van der Waals surface area contributed by atoms with Gasteiger partial charge in [0, 0.05) is 67.7 Å². The number of aromatic amines is 2. The first kappa shape index (κ1) is 52.7. The molecule has 0 saturated heterocycles. The quantitative estimate of drug-likeness (QED) is 0.139. The van der Waals surface area contributed by atoms with Gasteiger partial charge in [-0.25, -0.2) is 24.5 Å². The molecule has 6 rings (SSSR count). The number of nitrogens with two attached hydrogens (primary N) is 3. The van der Waals surface area contributed by atoms with Gasteiger partial charge in [0.2, 0.25) is 0 Å². The van der Waals surface area contributed by atoms with Crippen molar-refractivity contribution in [1.29, 1.82) is 0 Å². The second-order valence-corrected chi connectivity index (χ2v) is 16.5. The van der Waals surface area contributed by atoms with E-state index in [-0.39, 0.29) is 47.3 Å². The first-order chi connectivity index (χ1) is 31.1. The maximum atomic E-state index is 12.0. The number of nitrogen functional groups attached to an aromatic ring is 2. The number of rotatable bonds is 3. The van der Waals surface area contributed by atoms with Crippen LogP contribution >= 0.6 is 0 Å². The molecule has 66 heavy (non-hydrogen) atoms. The van der Waals surface area contributed by atoms with E-state index in [0.29, 0.717) is 45.8 Å². The molecule has 0 spiro atoms. The highest BCUT2D eigenvalue weighted by Crippen LogP contribution is 2.28. The maximum Gasteiger partial charge on any atom is 0.349 e. The lowest BCUT2D eigenvalue weighted by Gasteiger charge is -2.21. The van der Waals surface area contributed by atoms with Crippen LogP contribution in [0.3, 0.4) is 0 Å². The fraction of sp³-hybridized carbons (Fsp3) is 0.429. The zero-order valence-electron chi connectivity index (χ0n) is 40.4. The van der Waals surface area contributed by atoms with Gasteiger partial charge in [0.1, 0.15) is 40.6 Å². The number of nitrogens with one attached hydrogen (secondary N) is 2. The van der Waals surface area contributed by atoms with Gasteiger partial charge in [-0.3, -0.25) is 23.7 Å². The fourth-order valence-electron chi connectivity index (χ4n) is 6.05. The van der Waals surface area contributed by atoms with Crippen molar-refractivity contribution in [3.05, 3.63) is 101 Å². The predicted octanol–water partition coefficient (Wildman–Crippen LogP) is 5.50. The van der Waals surface area contributed by atoms with Gasteiger partial charge in [-0.1, -0.05) is 68.1 Å². The maximum absolute atomic E-state index is 12.0. The van der Waals surface area contributed by atoms with Crippen LogP contribution in [0, 0.1) is 54.3 Å². The van der Waals surface area contributed by atoms with Gasteiger partial charge in [-0.15, -0.1) is 0 Å². The van der Waals surface area contributed by atoms with Crippen molar-refractivity contribution in [3.63, 3.8) is 0 Å². The van der Waals surface area contributed by atoms with Gasteiger partial charge >= 0.3 is 11.4 Å². The number of fused-ring (bicyclic) bond motifs is 2. The monoisotopic (exact) mass is 898 g/mol. The Hall–Kier alpha value is -7.60. The Morgan fingerprint density at radius 1 is 0.606 bits per heavy atom. The van der Waals surface area contributed by atoms with Crippen LogP contribution in [0.25, 0.3) is 22.1 Å². The molecule has 6 aromatic rings. The van der Waals surface area contributed by atoms with E-state index < -0.39 is 11.2 Å². The Labute approximate surface area is 385 Å². The molecule has 6 aromatic heterocycles. The molecule has 348 valence electrons. The smallest absolute Gasteiger partial charge is 0.349 e. The Morgan fingerprint density at radius 3 is 1.67 bits per heavy atom. The summed E-state index contributed by atoms with van der Waals surface area (Å²) in [5.74, 6) is 24.5. The van der Waals surface area contributed by atoms with Crippen molar-refractivity contribution >= 4 is 33.7 Å². The van der Waals surface area contributed by atoms with E-state index in [4.69, 9.17) is 17.2 Å². The van der Waals surface area contributed by atoms with Crippen molar-refractivity contribution < 1.29 is 0 Å². The molecule has 17 nitrogen and oxygen atoms in total. The average molecular weight is 898 g/mol. The molecule has 0 unspecified atom stereocenters. The van der Waals surface area contributed by atoms with Gasteiger partial charge < -0.3 is 31.3 Å². The molecule has 0 aliphatic carbocycles. The molecule has 0 fully saturated rings. The van der Waals surface area contributed by atoms with Crippen molar-refractivity contribution in [2.24, 2.45) is 5.73 Å². The lowest BCUT2D eigenvalue weighted by molar-refractivity contribution is 0.408. The summed E-state index contributed by atoms with van der Waals surface area (Å²) in [6.45, 7) is 25.9. The molecular weight excluding hydrogens is 835 g/mol. The molecule has 0 bridgehead atoms. The molecular formula is C49H63N13O4. The second kappa shape index (κ2) is 23.9. The Morgan fingerprint density at radius 2 is 1.12 bits per heavy atom. The summed E-state index contributed by atoms with van der Waals surface area (Å²) >= 11 is 0. The van der Waals surface area contributed by atoms with Gasteiger partial charge in [0.15, 0.2) is 0 Å². The van der Waals surface area contributed by atoms with E-state index in [1.807, 2.05) is 79.3 Å². The summed E-state index contributed by atoms with van der Waals surface area (Å²) in [5.41, 5.74) is 19.6. The summed E-state index contributed by atoms with van der Waals surface area (Å²) in [7, 11) is 0. The van der Waals surface area contributed by atoms with Crippen molar-refractivity contribution in [2.45, 2.75) is 133 Å². The van der Waals surface area contributed by atoms with Crippen molar-refractivity contribution in [1.82, 2.24) is 48.2 Å². The van der Waals surface area contributed by atoms with E-state index >= 15 is 0 Å². The summed E-state index contributed by atoms with van der Waals surface area (Å²) in [6.07, 6.45) is 10.8. The van der Waals surface area contributed by atoms with E-state index in [2.05, 4.69) is 103 Å². The molecule has 0 saturated carbocycles. The molecule has 0 atom stereocenters. The first-order valence-electron chi connectivity index (χ1n) is 21.7. The topological polar surface area (TPSA) is 249 Å². The molecule has 17 heteroatoms. The third-order valence-corrected chi connectivity index (χ3v) is 9.28. The summed E-state index contributed by atoms with van der Waals surface area (Å²) in [6, 6.07) is 0.291. The summed E-state index contributed by atoms with van der Waals surface area (Å²) in [5, 5.41) is 1.39. The third kappa shape index (κ3) is 13.7. The van der Waals surface area contributed by atoms with Gasteiger partial charge in [-0.05, 0) is 69.2 Å². The Kier molecular flexibility index (Phi) is 19.1. The highest BCUT2D eigenvalue weighted by atomic mass is 16.2. The van der Waals surface area contributed by atoms with Crippen LogP contribution in [0.5, 0.6) is 0 Å². The minimum Gasteiger partial charge on any atom is -0.383 e. The van der Waals surface area contributed by atoms with Crippen LogP contribution in [0.2, 0.25) is 0 Å². The van der Waals surface area contributed by atoms with Gasteiger partial charge in [0.05, 0.1) is 34.0 Å². The minimum atomic E-state index is -0.419. The Bertz CT molecular complexity index is 3160. The SMILES string of the molecule is CCC#Cc1cn(C(C)(C)C)c2ncnc(N)c12.CCC#Cc1cn(C(C)C)c(=O)[nH]c1=O.CCC#Cc1cn(C(C)C)c(=O)nc1N.Cc1nc2c(c(C#CCN)cn2C(C)C)c(=O)[nH]1. The third-order valence-electron chi connectivity index (χ3n) is 9.28. The molecule has 0 radical (unpaired) electrons. The molecule has 8 N–H and O–H groups in total.